The molecular weight excluding hydrogens is 338 g/mol. The molecule has 2 aromatic rings. The molecule has 0 aliphatic carbocycles. The first-order valence-electron chi connectivity index (χ1n) is 8.33. The highest BCUT2D eigenvalue weighted by atomic mass is 32.2. The average molecular weight is 362 g/mol. The Bertz CT molecular complexity index is 633. The SMILES string of the molecule is C[C@H](Sc1ccccn1)C(=O)N1CCCN(Cc2cccs2)CC1. The summed E-state index contributed by atoms with van der Waals surface area (Å²) in [6.07, 6.45) is 2.81. The Morgan fingerprint density at radius 2 is 2.17 bits per heavy atom. The molecule has 0 unspecified atom stereocenters. The van der Waals surface area contributed by atoms with Gasteiger partial charge in [-0.15, -0.1) is 11.3 Å². The Kier molecular flexibility index (Phi) is 6.29. The van der Waals surface area contributed by atoms with Crippen LogP contribution in [0.15, 0.2) is 46.9 Å². The van der Waals surface area contributed by atoms with Crippen LogP contribution in [0.2, 0.25) is 0 Å². The van der Waals surface area contributed by atoms with Gasteiger partial charge >= 0.3 is 0 Å². The van der Waals surface area contributed by atoms with E-state index in [4.69, 9.17) is 0 Å². The summed E-state index contributed by atoms with van der Waals surface area (Å²) in [4.78, 5) is 22.9. The minimum Gasteiger partial charge on any atom is -0.340 e. The first-order chi connectivity index (χ1) is 11.7. The van der Waals surface area contributed by atoms with Crippen molar-refractivity contribution in [3.05, 3.63) is 46.8 Å². The van der Waals surface area contributed by atoms with Crippen molar-refractivity contribution in [2.24, 2.45) is 0 Å². The van der Waals surface area contributed by atoms with Crippen LogP contribution in [0.4, 0.5) is 0 Å². The third-order valence-corrected chi connectivity index (χ3v) is 6.04. The van der Waals surface area contributed by atoms with Gasteiger partial charge in [0, 0.05) is 43.8 Å². The van der Waals surface area contributed by atoms with Gasteiger partial charge in [0.25, 0.3) is 0 Å². The van der Waals surface area contributed by atoms with Crippen molar-refractivity contribution < 1.29 is 4.79 Å². The lowest BCUT2D eigenvalue weighted by atomic mass is 10.3. The monoisotopic (exact) mass is 361 g/mol. The molecular formula is C18H23N3OS2. The molecule has 0 spiro atoms. The number of pyridine rings is 1. The van der Waals surface area contributed by atoms with Crippen LogP contribution in [-0.4, -0.2) is 52.1 Å². The quantitative estimate of drug-likeness (QED) is 0.765. The maximum absolute atomic E-state index is 12.7. The van der Waals surface area contributed by atoms with Crippen molar-refractivity contribution in [2.75, 3.05) is 26.2 Å². The lowest BCUT2D eigenvalue weighted by Gasteiger charge is -2.24. The van der Waals surface area contributed by atoms with Gasteiger partial charge in [0.05, 0.1) is 10.3 Å². The Morgan fingerprint density at radius 3 is 2.92 bits per heavy atom. The summed E-state index contributed by atoms with van der Waals surface area (Å²) < 4.78 is 0. The van der Waals surface area contributed by atoms with E-state index in [1.807, 2.05) is 30.0 Å². The standard InChI is InChI=1S/C18H23N3OS2/c1-15(24-17-7-2-3-8-19-17)18(22)21-10-5-9-20(11-12-21)14-16-6-4-13-23-16/h2-4,6-8,13,15H,5,9-12,14H2,1H3/t15-/m0/s1. The van der Waals surface area contributed by atoms with Crippen molar-refractivity contribution in [3.63, 3.8) is 0 Å². The molecule has 1 saturated heterocycles. The fourth-order valence-electron chi connectivity index (χ4n) is 2.88. The van der Waals surface area contributed by atoms with E-state index in [2.05, 4.69) is 27.4 Å². The average Bonchev–Trinajstić information content (AvgIpc) is 2.99. The summed E-state index contributed by atoms with van der Waals surface area (Å²) in [5.74, 6) is 0.226. The minimum atomic E-state index is -0.0938. The largest absolute Gasteiger partial charge is 0.340 e. The fraction of sp³-hybridized carbons (Fsp3) is 0.444. The second kappa shape index (κ2) is 8.65. The molecule has 1 aliphatic rings. The zero-order chi connectivity index (χ0) is 16.8. The topological polar surface area (TPSA) is 36.4 Å². The summed E-state index contributed by atoms with van der Waals surface area (Å²) >= 11 is 3.35. The Hall–Kier alpha value is -1.37. The van der Waals surface area contributed by atoms with E-state index >= 15 is 0 Å². The van der Waals surface area contributed by atoms with Crippen LogP contribution in [-0.2, 0) is 11.3 Å². The van der Waals surface area contributed by atoms with Gasteiger partial charge in [0.2, 0.25) is 5.91 Å². The number of hydrogen-bond acceptors (Lipinski definition) is 5. The molecule has 1 atom stereocenters. The molecule has 0 N–H and O–H groups in total. The molecule has 4 nitrogen and oxygen atoms in total. The third-order valence-electron chi connectivity index (χ3n) is 4.14. The van der Waals surface area contributed by atoms with E-state index < -0.39 is 0 Å². The summed E-state index contributed by atoms with van der Waals surface area (Å²) in [5.41, 5.74) is 0. The number of hydrogen-bond donors (Lipinski definition) is 0. The molecule has 0 saturated carbocycles. The molecule has 1 amide bonds. The van der Waals surface area contributed by atoms with Crippen LogP contribution in [0.25, 0.3) is 0 Å². The van der Waals surface area contributed by atoms with Crippen molar-refractivity contribution in [2.45, 2.75) is 30.2 Å². The molecule has 6 heteroatoms. The lowest BCUT2D eigenvalue weighted by molar-refractivity contribution is -0.130. The first kappa shape index (κ1) is 17.5. The van der Waals surface area contributed by atoms with E-state index in [9.17, 15) is 4.79 Å². The lowest BCUT2D eigenvalue weighted by Crippen LogP contribution is -2.39. The normalized spacial score (nSPS) is 17.5. The second-order valence-electron chi connectivity index (χ2n) is 5.96. The smallest absolute Gasteiger partial charge is 0.235 e. The van der Waals surface area contributed by atoms with Crippen LogP contribution in [0, 0.1) is 0 Å². The Labute approximate surface area is 151 Å². The zero-order valence-electron chi connectivity index (χ0n) is 13.9. The molecule has 0 bridgehead atoms. The van der Waals surface area contributed by atoms with E-state index in [0.717, 1.165) is 44.2 Å². The molecule has 0 aromatic carbocycles. The van der Waals surface area contributed by atoms with Gasteiger partial charge in [-0.25, -0.2) is 4.98 Å². The van der Waals surface area contributed by atoms with Gasteiger partial charge in [-0.1, -0.05) is 23.9 Å². The Balaban J connectivity index is 1.52. The predicted molar refractivity (Wildman–Crippen MR) is 100 cm³/mol. The molecule has 2 aromatic heterocycles. The van der Waals surface area contributed by atoms with Crippen molar-refractivity contribution >= 4 is 29.0 Å². The summed E-state index contributed by atoms with van der Waals surface area (Å²) in [6, 6.07) is 10.1. The summed E-state index contributed by atoms with van der Waals surface area (Å²) in [6.45, 7) is 6.66. The van der Waals surface area contributed by atoms with Gasteiger partial charge in [0.1, 0.15) is 0 Å². The molecule has 1 aliphatic heterocycles. The highest BCUT2D eigenvalue weighted by molar-refractivity contribution is 8.00. The van der Waals surface area contributed by atoms with Gasteiger partial charge in [-0.05, 0) is 36.9 Å². The number of thiophene rings is 1. The molecule has 0 radical (unpaired) electrons. The van der Waals surface area contributed by atoms with Crippen molar-refractivity contribution in [3.8, 4) is 0 Å². The minimum absolute atomic E-state index is 0.0938. The van der Waals surface area contributed by atoms with Crippen LogP contribution >= 0.6 is 23.1 Å². The molecule has 24 heavy (non-hydrogen) atoms. The van der Waals surface area contributed by atoms with E-state index in [-0.39, 0.29) is 11.2 Å². The van der Waals surface area contributed by atoms with E-state index in [1.54, 1.807) is 29.3 Å². The maximum atomic E-state index is 12.7. The number of carbonyl (C=O) groups is 1. The van der Waals surface area contributed by atoms with Crippen LogP contribution in [0.1, 0.15) is 18.2 Å². The van der Waals surface area contributed by atoms with Gasteiger partial charge in [0.15, 0.2) is 0 Å². The van der Waals surface area contributed by atoms with Crippen molar-refractivity contribution in [1.82, 2.24) is 14.8 Å². The molecule has 1 fully saturated rings. The first-order valence-corrected chi connectivity index (χ1v) is 10.1. The van der Waals surface area contributed by atoms with Crippen LogP contribution in [0.3, 0.4) is 0 Å². The molecule has 3 heterocycles. The van der Waals surface area contributed by atoms with Crippen LogP contribution < -0.4 is 0 Å². The molecule has 128 valence electrons. The zero-order valence-corrected chi connectivity index (χ0v) is 15.6. The highest BCUT2D eigenvalue weighted by Gasteiger charge is 2.24. The van der Waals surface area contributed by atoms with Crippen LogP contribution in [0.5, 0.6) is 0 Å². The maximum Gasteiger partial charge on any atom is 0.235 e. The Morgan fingerprint density at radius 1 is 1.25 bits per heavy atom. The summed E-state index contributed by atoms with van der Waals surface area (Å²) in [5, 5.41) is 2.94. The van der Waals surface area contributed by atoms with Gasteiger partial charge < -0.3 is 4.90 Å². The van der Waals surface area contributed by atoms with Gasteiger partial charge in [-0.2, -0.15) is 0 Å². The second-order valence-corrected chi connectivity index (χ2v) is 8.36. The van der Waals surface area contributed by atoms with Crippen molar-refractivity contribution in [1.29, 1.82) is 0 Å². The summed E-state index contributed by atoms with van der Waals surface area (Å²) in [7, 11) is 0. The number of thioether (sulfide) groups is 1. The third kappa shape index (κ3) is 4.82. The van der Waals surface area contributed by atoms with E-state index in [1.165, 1.54) is 4.88 Å². The highest BCUT2D eigenvalue weighted by Crippen LogP contribution is 2.23. The number of nitrogens with zero attached hydrogens (tertiary/aromatic N) is 3. The number of aromatic nitrogens is 1. The predicted octanol–water partition coefficient (Wildman–Crippen LogP) is 3.36. The number of carbonyl (C=O) groups excluding carboxylic acids is 1. The van der Waals surface area contributed by atoms with E-state index in [0.29, 0.717) is 0 Å². The van der Waals surface area contributed by atoms with Gasteiger partial charge in [-0.3, -0.25) is 9.69 Å². The molecule has 3 rings (SSSR count). The fourth-order valence-corrected chi connectivity index (χ4v) is 4.51. The number of amides is 1. The number of rotatable bonds is 5.